The number of alkyl carbamates (subject to hydrolysis) is 1. The Kier molecular flexibility index (Phi) is 2.13. The highest BCUT2D eigenvalue weighted by Gasteiger charge is 2.60. The van der Waals surface area contributed by atoms with Gasteiger partial charge in [-0.3, -0.25) is 0 Å². The maximum Gasteiger partial charge on any atom is 0.407 e. The van der Waals surface area contributed by atoms with Gasteiger partial charge in [0.05, 0.1) is 7.11 Å². The van der Waals surface area contributed by atoms with Gasteiger partial charge in [-0.2, -0.15) is 0 Å². The van der Waals surface area contributed by atoms with Gasteiger partial charge < -0.3 is 10.1 Å². The molecule has 4 bridgehead atoms. The Bertz CT molecular complexity index is 347. The van der Waals surface area contributed by atoms with Crippen molar-refractivity contribution in [2.24, 2.45) is 16.7 Å². The minimum absolute atomic E-state index is 0.0238. The second-order valence-corrected chi connectivity index (χ2v) is 7.53. The zero-order chi connectivity index (χ0) is 12.3. The molecule has 4 atom stereocenters. The summed E-state index contributed by atoms with van der Waals surface area (Å²) in [6.45, 7) is 4.81. The summed E-state index contributed by atoms with van der Waals surface area (Å²) in [5, 5.41) is 3.16. The fourth-order valence-corrected chi connectivity index (χ4v) is 5.85. The lowest BCUT2D eigenvalue weighted by molar-refractivity contribution is -0.115. The molecule has 0 aromatic carbocycles. The average molecular weight is 237 g/mol. The van der Waals surface area contributed by atoms with Crippen molar-refractivity contribution in [2.75, 3.05) is 7.11 Å². The van der Waals surface area contributed by atoms with Crippen LogP contribution in [0.3, 0.4) is 0 Å². The van der Waals surface area contributed by atoms with Gasteiger partial charge >= 0.3 is 6.09 Å². The van der Waals surface area contributed by atoms with Crippen molar-refractivity contribution in [1.82, 2.24) is 5.32 Å². The normalized spacial score (nSPS) is 51.4. The molecule has 0 heterocycles. The predicted octanol–water partition coefficient (Wildman–Crippen LogP) is 3.09. The Morgan fingerprint density at radius 1 is 1.12 bits per heavy atom. The molecule has 2 unspecified atom stereocenters. The zero-order valence-electron chi connectivity index (χ0n) is 11.1. The number of carbonyl (C=O) groups excluding carboxylic acids is 1. The van der Waals surface area contributed by atoms with Gasteiger partial charge in [-0.05, 0) is 55.3 Å². The number of ether oxygens (including phenoxy) is 1. The quantitative estimate of drug-likeness (QED) is 0.761. The number of hydrogen-bond donors (Lipinski definition) is 1. The fraction of sp³-hybridized carbons (Fsp3) is 0.929. The maximum absolute atomic E-state index is 11.6. The van der Waals surface area contributed by atoms with Crippen LogP contribution in [-0.2, 0) is 4.74 Å². The molecule has 0 radical (unpaired) electrons. The highest BCUT2D eigenvalue weighted by Crippen LogP contribution is 2.66. The summed E-state index contributed by atoms with van der Waals surface area (Å²) in [5.74, 6) is 0.804. The largest absolute Gasteiger partial charge is 0.453 e. The Labute approximate surface area is 103 Å². The van der Waals surface area contributed by atoms with E-state index in [0.717, 1.165) is 25.2 Å². The molecule has 4 aliphatic rings. The standard InChI is InChI=1S/C14H23NO2/c1-12-4-10-5-13(2,7-12)9-14(6-10,8-12)15-11(16)17-3/h10H,4-9H2,1-3H3,(H,15,16)/t10?,12-,13+,14?. The molecule has 0 saturated heterocycles. The van der Waals surface area contributed by atoms with E-state index in [1.807, 2.05) is 0 Å². The molecule has 96 valence electrons. The van der Waals surface area contributed by atoms with Crippen molar-refractivity contribution < 1.29 is 9.53 Å². The van der Waals surface area contributed by atoms with E-state index in [1.54, 1.807) is 0 Å². The first-order valence-corrected chi connectivity index (χ1v) is 6.72. The summed E-state index contributed by atoms with van der Waals surface area (Å²) in [6.07, 6.45) is 7.23. The van der Waals surface area contributed by atoms with Crippen molar-refractivity contribution in [3.05, 3.63) is 0 Å². The molecule has 4 aliphatic carbocycles. The molecule has 4 fully saturated rings. The Morgan fingerprint density at radius 2 is 1.71 bits per heavy atom. The van der Waals surface area contributed by atoms with Crippen LogP contribution in [0, 0.1) is 16.7 Å². The second kappa shape index (κ2) is 3.18. The first-order chi connectivity index (χ1) is 7.86. The summed E-state index contributed by atoms with van der Waals surface area (Å²) >= 11 is 0. The predicted molar refractivity (Wildman–Crippen MR) is 65.7 cm³/mol. The summed E-state index contributed by atoms with van der Waals surface area (Å²) < 4.78 is 4.81. The molecule has 0 spiro atoms. The Morgan fingerprint density at radius 3 is 2.18 bits per heavy atom. The summed E-state index contributed by atoms with van der Waals surface area (Å²) in [4.78, 5) is 11.6. The smallest absolute Gasteiger partial charge is 0.407 e. The van der Waals surface area contributed by atoms with E-state index >= 15 is 0 Å². The van der Waals surface area contributed by atoms with Crippen LogP contribution in [-0.4, -0.2) is 18.7 Å². The summed E-state index contributed by atoms with van der Waals surface area (Å²) in [6, 6.07) is 0. The van der Waals surface area contributed by atoms with Gasteiger partial charge in [-0.25, -0.2) is 4.79 Å². The summed E-state index contributed by atoms with van der Waals surface area (Å²) in [7, 11) is 1.46. The van der Waals surface area contributed by atoms with Crippen LogP contribution in [0.5, 0.6) is 0 Å². The van der Waals surface area contributed by atoms with Crippen LogP contribution in [0.4, 0.5) is 4.79 Å². The molecule has 0 aromatic rings. The summed E-state index contributed by atoms with van der Waals surface area (Å²) in [5.41, 5.74) is 0.903. The number of carbonyl (C=O) groups is 1. The van der Waals surface area contributed by atoms with Crippen LogP contribution in [0.15, 0.2) is 0 Å². The van der Waals surface area contributed by atoms with E-state index in [0.29, 0.717) is 10.8 Å². The Hall–Kier alpha value is -0.730. The van der Waals surface area contributed by atoms with Gasteiger partial charge in [-0.1, -0.05) is 13.8 Å². The zero-order valence-corrected chi connectivity index (χ0v) is 11.1. The van der Waals surface area contributed by atoms with E-state index < -0.39 is 0 Å². The van der Waals surface area contributed by atoms with Crippen molar-refractivity contribution >= 4 is 6.09 Å². The molecular weight excluding hydrogens is 214 g/mol. The molecule has 3 nitrogen and oxygen atoms in total. The minimum Gasteiger partial charge on any atom is -0.453 e. The van der Waals surface area contributed by atoms with Gasteiger partial charge in [0, 0.05) is 5.54 Å². The molecule has 0 aromatic heterocycles. The maximum atomic E-state index is 11.6. The third-order valence-corrected chi connectivity index (χ3v) is 5.18. The highest BCUT2D eigenvalue weighted by molar-refractivity contribution is 5.68. The van der Waals surface area contributed by atoms with Gasteiger partial charge in [0.2, 0.25) is 0 Å². The topological polar surface area (TPSA) is 38.3 Å². The number of methoxy groups -OCH3 is 1. The third-order valence-electron chi connectivity index (χ3n) is 5.18. The third kappa shape index (κ3) is 1.74. The van der Waals surface area contributed by atoms with E-state index in [-0.39, 0.29) is 11.6 Å². The lowest BCUT2D eigenvalue weighted by Crippen LogP contribution is -2.65. The molecule has 3 heteroatoms. The molecule has 1 amide bonds. The number of rotatable bonds is 1. The first kappa shape index (κ1) is 11.4. The van der Waals surface area contributed by atoms with Gasteiger partial charge in [0.25, 0.3) is 0 Å². The molecule has 0 aliphatic heterocycles. The van der Waals surface area contributed by atoms with Gasteiger partial charge in [0.15, 0.2) is 0 Å². The van der Waals surface area contributed by atoms with Crippen LogP contribution in [0.1, 0.15) is 52.4 Å². The van der Waals surface area contributed by atoms with Gasteiger partial charge in [-0.15, -0.1) is 0 Å². The van der Waals surface area contributed by atoms with Crippen molar-refractivity contribution in [1.29, 1.82) is 0 Å². The van der Waals surface area contributed by atoms with E-state index in [1.165, 1.54) is 26.4 Å². The first-order valence-electron chi connectivity index (χ1n) is 6.72. The number of nitrogens with one attached hydrogen (secondary N) is 1. The fourth-order valence-electron chi connectivity index (χ4n) is 5.85. The monoisotopic (exact) mass is 237 g/mol. The van der Waals surface area contributed by atoms with Crippen molar-refractivity contribution in [3.8, 4) is 0 Å². The van der Waals surface area contributed by atoms with E-state index in [9.17, 15) is 4.79 Å². The lowest BCUT2D eigenvalue weighted by Gasteiger charge is -2.65. The van der Waals surface area contributed by atoms with E-state index in [2.05, 4.69) is 19.2 Å². The average Bonchev–Trinajstić information content (AvgIpc) is 2.10. The highest BCUT2D eigenvalue weighted by atomic mass is 16.5. The van der Waals surface area contributed by atoms with Crippen LogP contribution in [0.2, 0.25) is 0 Å². The molecular formula is C14H23NO2. The minimum atomic E-state index is -0.251. The molecule has 4 rings (SSSR count). The van der Waals surface area contributed by atoms with Crippen LogP contribution < -0.4 is 5.32 Å². The number of hydrogen-bond acceptors (Lipinski definition) is 2. The Balaban J connectivity index is 1.89. The van der Waals surface area contributed by atoms with Crippen molar-refractivity contribution in [3.63, 3.8) is 0 Å². The second-order valence-electron chi connectivity index (χ2n) is 7.53. The SMILES string of the molecule is COC(=O)NC12CC3C[C@@](C)(C1)C[C@](C)(C3)C2. The number of amides is 1. The van der Waals surface area contributed by atoms with Crippen LogP contribution >= 0.6 is 0 Å². The van der Waals surface area contributed by atoms with Crippen molar-refractivity contribution in [2.45, 2.75) is 57.9 Å². The molecule has 17 heavy (non-hydrogen) atoms. The molecule has 1 N–H and O–H groups in total. The lowest BCUT2D eigenvalue weighted by atomic mass is 9.43. The van der Waals surface area contributed by atoms with Crippen LogP contribution in [0.25, 0.3) is 0 Å². The molecule has 4 saturated carbocycles. The van der Waals surface area contributed by atoms with E-state index in [4.69, 9.17) is 4.74 Å². The van der Waals surface area contributed by atoms with Gasteiger partial charge in [0.1, 0.15) is 0 Å².